The van der Waals surface area contributed by atoms with Crippen molar-refractivity contribution in [1.82, 2.24) is 4.90 Å². The van der Waals surface area contributed by atoms with Gasteiger partial charge in [0.15, 0.2) is 0 Å². The quantitative estimate of drug-likeness (QED) is 0.649. The first-order chi connectivity index (χ1) is 5.41. The standard InChI is InChI=1S/C10H21NO/c1-8(12)11-6-5-9(7-11)10(2,3)4/h8-9,12H,5-7H2,1-4H3. The maximum absolute atomic E-state index is 9.36. The summed E-state index contributed by atoms with van der Waals surface area (Å²) in [4.78, 5) is 2.15. The minimum absolute atomic E-state index is 0.266. The predicted molar refractivity (Wildman–Crippen MR) is 50.8 cm³/mol. The van der Waals surface area contributed by atoms with Crippen molar-refractivity contribution >= 4 is 0 Å². The highest BCUT2D eigenvalue weighted by molar-refractivity contribution is 4.83. The molecule has 0 radical (unpaired) electrons. The molecule has 0 saturated carbocycles. The van der Waals surface area contributed by atoms with Gasteiger partial charge in [-0.05, 0) is 24.7 Å². The molecule has 0 aliphatic carbocycles. The van der Waals surface area contributed by atoms with Crippen molar-refractivity contribution in [3.8, 4) is 0 Å². The Morgan fingerprint density at radius 3 is 2.25 bits per heavy atom. The van der Waals surface area contributed by atoms with Crippen molar-refractivity contribution in [2.24, 2.45) is 11.3 Å². The second-order valence-electron chi connectivity index (χ2n) is 4.98. The number of aliphatic hydroxyl groups excluding tert-OH is 1. The van der Waals surface area contributed by atoms with Crippen LogP contribution in [-0.2, 0) is 0 Å². The molecule has 2 nitrogen and oxygen atoms in total. The molecule has 12 heavy (non-hydrogen) atoms. The molecule has 2 heteroatoms. The zero-order chi connectivity index (χ0) is 9.35. The lowest BCUT2D eigenvalue weighted by Crippen LogP contribution is -2.32. The molecule has 0 aromatic heterocycles. The van der Waals surface area contributed by atoms with Crippen LogP contribution in [0.2, 0.25) is 0 Å². The molecule has 1 rings (SSSR count). The summed E-state index contributed by atoms with van der Waals surface area (Å²) in [7, 11) is 0. The molecule has 1 fully saturated rings. The molecule has 1 aliphatic heterocycles. The van der Waals surface area contributed by atoms with E-state index in [0.717, 1.165) is 19.0 Å². The van der Waals surface area contributed by atoms with Crippen LogP contribution in [0.1, 0.15) is 34.1 Å². The van der Waals surface area contributed by atoms with Crippen LogP contribution in [0, 0.1) is 11.3 Å². The minimum atomic E-state index is -0.266. The summed E-state index contributed by atoms with van der Waals surface area (Å²) in [6.07, 6.45) is 0.964. The molecule has 1 saturated heterocycles. The number of hydrogen-bond donors (Lipinski definition) is 1. The SMILES string of the molecule is CC(O)N1CCC(C(C)(C)C)C1. The van der Waals surface area contributed by atoms with Gasteiger partial charge in [0.05, 0.1) is 0 Å². The highest BCUT2D eigenvalue weighted by Gasteiger charge is 2.32. The molecule has 0 aromatic rings. The van der Waals surface area contributed by atoms with Crippen molar-refractivity contribution in [3.05, 3.63) is 0 Å². The van der Waals surface area contributed by atoms with Gasteiger partial charge >= 0.3 is 0 Å². The lowest BCUT2D eigenvalue weighted by Gasteiger charge is -2.27. The molecule has 72 valence electrons. The summed E-state index contributed by atoms with van der Waals surface area (Å²) < 4.78 is 0. The van der Waals surface area contributed by atoms with Gasteiger partial charge in [0, 0.05) is 13.1 Å². The molecule has 0 bridgehead atoms. The van der Waals surface area contributed by atoms with Crippen molar-refractivity contribution in [3.63, 3.8) is 0 Å². The predicted octanol–water partition coefficient (Wildman–Crippen LogP) is 1.69. The first-order valence-corrected chi connectivity index (χ1v) is 4.83. The van der Waals surface area contributed by atoms with Gasteiger partial charge in [0.2, 0.25) is 0 Å². The fraction of sp³-hybridized carbons (Fsp3) is 1.00. The molecule has 1 aliphatic rings. The Balaban J connectivity index is 2.46. The van der Waals surface area contributed by atoms with E-state index >= 15 is 0 Å². The van der Waals surface area contributed by atoms with Crippen LogP contribution in [-0.4, -0.2) is 29.3 Å². The van der Waals surface area contributed by atoms with Gasteiger partial charge in [-0.25, -0.2) is 0 Å². The van der Waals surface area contributed by atoms with Gasteiger partial charge in [0.25, 0.3) is 0 Å². The van der Waals surface area contributed by atoms with Crippen LogP contribution in [0.25, 0.3) is 0 Å². The average molecular weight is 171 g/mol. The van der Waals surface area contributed by atoms with Gasteiger partial charge in [-0.2, -0.15) is 0 Å². The van der Waals surface area contributed by atoms with Crippen LogP contribution < -0.4 is 0 Å². The Labute approximate surface area is 75.6 Å². The fourth-order valence-electron chi connectivity index (χ4n) is 1.83. The van der Waals surface area contributed by atoms with Crippen molar-refractivity contribution < 1.29 is 5.11 Å². The molecular weight excluding hydrogens is 150 g/mol. The van der Waals surface area contributed by atoms with E-state index in [4.69, 9.17) is 0 Å². The van der Waals surface area contributed by atoms with E-state index in [2.05, 4.69) is 25.7 Å². The third kappa shape index (κ3) is 2.20. The van der Waals surface area contributed by atoms with Crippen molar-refractivity contribution in [2.75, 3.05) is 13.1 Å². The van der Waals surface area contributed by atoms with Crippen LogP contribution in [0.5, 0.6) is 0 Å². The lowest BCUT2D eigenvalue weighted by atomic mass is 9.80. The molecule has 1 N–H and O–H groups in total. The maximum Gasteiger partial charge on any atom is 0.104 e. The van der Waals surface area contributed by atoms with Crippen LogP contribution >= 0.6 is 0 Å². The monoisotopic (exact) mass is 171 g/mol. The second-order valence-corrected chi connectivity index (χ2v) is 4.98. The van der Waals surface area contributed by atoms with E-state index in [1.165, 1.54) is 6.42 Å². The Morgan fingerprint density at radius 1 is 1.42 bits per heavy atom. The molecule has 0 amide bonds. The summed E-state index contributed by atoms with van der Waals surface area (Å²) in [5.41, 5.74) is 0.392. The normalized spacial score (nSPS) is 29.2. The van der Waals surface area contributed by atoms with Crippen LogP contribution in [0.4, 0.5) is 0 Å². The first kappa shape index (κ1) is 10.0. The summed E-state index contributed by atoms with van der Waals surface area (Å²) in [5, 5.41) is 9.36. The first-order valence-electron chi connectivity index (χ1n) is 4.83. The average Bonchev–Trinajstić information content (AvgIpc) is 2.30. The van der Waals surface area contributed by atoms with Crippen molar-refractivity contribution in [2.45, 2.75) is 40.3 Å². The minimum Gasteiger partial charge on any atom is -0.379 e. The van der Waals surface area contributed by atoms with Gasteiger partial charge in [0.1, 0.15) is 6.23 Å². The molecule has 0 spiro atoms. The Hall–Kier alpha value is -0.0800. The van der Waals surface area contributed by atoms with E-state index in [1.807, 2.05) is 6.92 Å². The van der Waals surface area contributed by atoms with E-state index < -0.39 is 0 Å². The number of rotatable bonds is 1. The highest BCUT2D eigenvalue weighted by atomic mass is 16.3. The smallest absolute Gasteiger partial charge is 0.104 e. The third-order valence-corrected chi connectivity index (χ3v) is 2.97. The van der Waals surface area contributed by atoms with Gasteiger partial charge < -0.3 is 5.11 Å². The third-order valence-electron chi connectivity index (χ3n) is 2.97. The summed E-state index contributed by atoms with van der Waals surface area (Å²) in [6.45, 7) is 10.8. The second kappa shape index (κ2) is 3.35. The van der Waals surface area contributed by atoms with Crippen LogP contribution in [0.15, 0.2) is 0 Å². The number of likely N-dealkylation sites (tertiary alicyclic amines) is 1. The van der Waals surface area contributed by atoms with Gasteiger partial charge in [-0.3, -0.25) is 4.90 Å². The van der Waals surface area contributed by atoms with E-state index in [-0.39, 0.29) is 6.23 Å². The van der Waals surface area contributed by atoms with Crippen LogP contribution in [0.3, 0.4) is 0 Å². The largest absolute Gasteiger partial charge is 0.379 e. The fourth-order valence-corrected chi connectivity index (χ4v) is 1.83. The number of hydrogen-bond acceptors (Lipinski definition) is 2. The Bertz CT molecular complexity index is 148. The molecular formula is C10H21NO. The maximum atomic E-state index is 9.36. The Morgan fingerprint density at radius 2 is 2.00 bits per heavy atom. The highest BCUT2D eigenvalue weighted by Crippen LogP contribution is 2.33. The number of nitrogens with zero attached hydrogens (tertiary/aromatic N) is 1. The zero-order valence-electron chi connectivity index (χ0n) is 8.67. The van der Waals surface area contributed by atoms with E-state index in [9.17, 15) is 5.11 Å². The molecule has 1 heterocycles. The summed E-state index contributed by atoms with van der Waals surface area (Å²) in [6, 6.07) is 0. The van der Waals surface area contributed by atoms with Gasteiger partial charge in [-0.15, -0.1) is 0 Å². The summed E-state index contributed by atoms with van der Waals surface area (Å²) >= 11 is 0. The summed E-state index contributed by atoms with van der Waals surface area (Å²) in [5.74, 6) is 0.743. The molecule has 2 unspecified atom stereocenters. The Kier molecular flexibility index (Phi) is 2.79. The van der Waals surface area contributed by atoms with Crippen molar-refractivity contribution in [1.29, 1.82) is 0 Å². The van der Waals surface area contributed by atoms with E-state index in [0.29, 0.717) is 5.41 Å². The molecule has 0 aromatic carbocycles. The zero-order valence-corrected chi connectivity index (χ0v) is 8.67. The molecule has 2 atom stereocenters. The lowest BCUT2D eigenvalue weighted by molar-refractivity contribution is 0.0297. The van der Waals surface area contributed by atoms with E-state index in [1.54, 1.807) is 0 Å². The number of aliphatic hydroxyl groups is 1. The van der Waals surface area contributed by atoms with Gasteiger partial charge in [-0.1, -0.05) is 20.8 Å². The topological polar surface area (TPSA) is 23.5 Å².